The van der Waals surface area contributed by atoms with Crippen molar-refractivity contribution >= 4 is 47.1 Å². The molecule has 0 aliphatic carbocycles. The third-order valence-electron chi connectivity index (χ3n) is 11.4. The summed E-state index contributed by atoms with van der Waals surface area (Å²) in [5, 5.41) is 9.94. The van der Waals surface area contributed by atoms with Gasteiger partial charge in [-0.25, -0.2) is 18.3 Å². The molecule has 2 atom stereocenters. The van der Waals surface area contributed by atoms with Gasteiger partial charge in [-0.15, -0.1) is 0 Å². The van der Waals surface area contributed by atoms with Crippen molar-refractivity contribution in [3.8, 4) is 22.8 Å². The van der Waals surface area contributed by atoms with E-state index in [0.717, 1.165) is 11.0 Å². The number of hydrogen-bond acceptors (Lipinski definition) is 16. The minimum absolute atomic E-state index is 0.0145. The van der Waals surface area contributed by atoms with Crippen LogP contribution in [0, 0.1) is 11.6 Å². The number of imide groups is 2. The lowest BCUT2D eigenvalue weighted by Crippen LogP contribution is -2.54. The van der Waals surface area contributed by atoms with E-state index in [0.29, 0.717) is 96.1 Å². The van der Waals surface area contributed by atoms with Crippen LogP contribution in [0.5, 0.6) is 11.5 Å². The number of piperidine rings is 2. The number of hydrogen-bond donors (Lipinski definition) is 4. The number of ether oxygens (including phenoxy) is 7. The molecule has 21 nitrogen and oxygen atoms in total. The number of primary amides is 1. The molecule has 0 spiro atoms. The number of nitrogens with zero attached hydrogens (tertiary/aromatic N) is 4. The minimum atomic E-state index is -1.04. The van der Waals surface area contributed by atoms with Gasteiger partial charge in [0.2, 0.25) is 11.8 Å². The maximum atomic E-state index is 14.1. The third-order valence-corrected chi connectivity index (χ3v) is 11.4. The first-order chi connectivity index (χ1) is 33.9. The SMILES string of the molecule is NC(=O)c1c(-c2ccc(Oc3ccc(F)cc3F)cc2)nn([C@H]2CCCN(C(=O)OCCOCCOCCOCCOCCOCCNc3cccc4c3C(=O)N(C3CCC(=O)NC3=O)C4=O)C2)c1N. The highest BCUT2D eigenvalue weighted by molar-refractivity contribution is 6.25. The fourth-order valence-corrected chi connectivity index (χ4v) is 8.04. The van der Waals surface area contributed by atoms with Gasteiger partial charge in [0, 0.05) is 43.4 Å². The first kappa shape index (κ1) is 50.8. The molecular formula is C47H54F2N8O13. The van der Waals surface area contributed by atoms with E-state index in [1.807, 2.05) is 0 Å². The van der Waals surface area contributed by atoms with Crippen LogP contribution in [-0.2, 0) is 38.0 Å². The predicted octanol–water partition coefficient (Wildman–Crippen LogP) is 3.67. The summed E-state index contributed by atoms with van der Waals surface area (Å²) >= 11 is 0. The zero-order valence-electron chi connectivity index (χ0n) is 38.2. The Morgan fingerprint density at radius 2 is 1.46 bits per heavy atom. The van der Waals surface area contributed by atoms with Crippen LogP contribution in [0.3, 0.4) is 0 Å². The summed E-state index contributed by atoms with van der Waals surface area (Å²) in [6.07, 6.45) is 0.839. The molecule has 7 rings (SSSR count). The van der Waals surface area contributed by atoms with Gasteiger partial charge >= 0.3 is 6.09 Å². The number of anilines is 2. The molecule has 2 fully saturated rings. The second-order valence-corrected chi connectivity index (χ2v) is 16.1. The molecule has 4 aromatic rings. The van der Waals surface area contributed by atoms with Gasteiger partial charge in [0.25, 0.3) is 17.7 Å². The molecule has 374 valence electrons. The van der Waals surface area contributed by atoms with Crippen molar-refractivity contribution in [1.82, 2.24) is 24.9 Å². The zero-order valence-corrected chi connectivity index (χ0v) is 38.2. The van der Waals surface area contributed by atoms with Crippen LogP contribution in [0.4, 0.5) is 25.1 Å². The highest BCUT2D eigenvalue weighted by Crippen LogP contribution is 2.35. The Hall–Kier alpha value is -7.05. The van der Waals surface area contributed by atoms with Crippen molar-refractivity contribution in [2.75, 3.05) is 103 Å². The maximum Gasteiger partial charge on any atom is 0.409 e. The summed E-state index contributed by atoms with van der Waals surface area (Å²) in [4.78, 5) is 78.1. The van der Waals surface area contributed by atoms with Crippen molar-refractivity contribution in [1.29, 1.82) is 0 Å². The molecule has 0 radical (unpaired) electrons. The summed E-state index contributed by atoms with van der Waals surface area (Å²) in [7, 11) is 0. The van der Waals surface area contributed by atoms with Crippen LogP contribution in [0.25, 0.3) is 11.3 Å². The monoisotopic (exact) mass is 976 g/mol. The number of carbonyl (C=O) groups excluding carboxylic acids is 6. The van der Waals surface area contributed by atoms with Crippen molar-refractivity contribution in [3.05, 3.63) is 89.0 Å². The Labute approximate surface area is 400 Å². The normalized spacial score (nSPS) is 16.9. The van der Waals surface area contributed by atoms with Gasteiger partial charge in [-0.3, -0.25) is 34.2 Å². The number of nitrogens with one attached hydrogen (secondary N) is 2. The van der Waals surface area contributed by atoms with Crippen LogP contribution in [0.2, 0.25) is 0 Å². The lowest BCUT2D eigenvalue weighted by Gasteiger charge is -2.32. The van der Waals surface area contributed by atoms with Crippen molar-refractivity contribution in [3.63, 3.8) is 0 Å². The highest BCUT2D eigenvalue weighted by atomic mass is 19.1. The molecule has 3 aliphatic rings. The molecule has 4 heterocycles. The molecule has 1 aromatic heterocycles. The van der Waals surface area contributed by atoms with E-state index in [1.165, 1.54) is 28.9 Å². The van der Waals surface area contributed by atoms with Gasteiger partial charge < -0.3 is 54.8 Å². The molecule has 70 heavy (non-hydrogen) atoms. The Kier molecular flexibility index (Phi) is 17.8. The number of carbonyl (C=O) groups is 6. The number of benzene rings is 3. The van der Waals surface area contributed by atoms with E-state index < -0.39 is 53.3 Å². The molecule has 1 unspecified atom stereocenters. The number of nitrogen functional groups attached to an aromatic ring is 1. The second-order valence-electron chi connectivity index (χ2n) is 16.1. The Morgan fingerprint density at radius 1 is 0.800 bits per heavy atom. The zero-order chi connectivity index (χ0) is 49.6. The van der Waals surface area contributed by atoms with Gasteiger partial charge in [0.05, 0.1) is 83.2 Å². The average molecular weight is 977 g/mol. The van der Waals surface area contributed by atoms with E-state index >= 15 is 0 Å². The molecule has 23 heteroatoms. The van der Waals surface area contributed by atoms with Gasteiger partial charge in [-0.1, -0.05) is 6.07 Å². The standard InChI is InChI=1S/C47H54F2N8O13/c48-30-8-12-37(34(49)27-30)70-32-9-6-29(7-10-32)41-40(43(51)59)42(50)57(54-41)31-3-2-15-55(28-31)47(63)69-26-25-68-24-23-67-22-21-66-20-19-65-18-17-64-16-14-52-35-5-1-4-33-39(35)46(62)56(45(33)61)36-11-13-38(58)53-44(36)60/h1,4-10,12,27,31,36,52H,2-3,11,13-26,28,50H2,(H2,51,59)(H,53,58,60)/t31-,36?/m0/s1. The number of rotatable bonds is 25. The third kappa shape index (κ3) is 12.8. The van der Waals surface area contributed by atoms with E-state index in [1.54, 1.807) is 29.2 Å². The van der Waals surface area contributed by atoms with Crippen molar-refractivity contribution < 1.29 is 70.7 Å². The predicted molar refractivity (Wildman–Crippen MR) is 244 cm³/mol. The topological polar surface area (TPSA) is 267 Å². The van der Waals surface area contributed by atoms with Gasteiger partial charge in [-0.05, 0) is 67.8 Å². The molecule has 3 aliphatic heterocycles. The molecule has 3 aromatic carbocycles. The largest absolute Gasteiger partial charge is 0.454 e. The summed E-state index contributed by atoms with van der Waals surface area (Å²) in [5.74, 6) is -4.49. The average Bonchev–Trinajstić information content (AvgIpc) is 3.83. The van der Waals surface area contributed by atoms with E-state index in [2.05, 4.69) is 15.7 Å². The fourth-order valence-electron chi connectivity index (χ4n) is 8.04. The van der Waals surface area contributed by atoms with Crippen molar-refractivity contribution in [2.24, 2.45) is 5.73 Å². The van der Waals surface area contributed by atoms with Crippen LogP contribution < -0.4 is 26.8 Å². The first-order valence-corrected chi connectivity index (χ1v) is 22.7. The molecule has 6 amide bonds. The van der Waals surface area contributed by atoms with Crippen molar-refractivity contribution in [2.45, 2.75) is 37.8 Å². The van der Waals surface area contributed by atoms with E-state index in [4.69, 9.17) is 44.6 Å². The molecule has 0 bridgehead atoms. The maximum absolute atomic E-state index is 14.1. The summed E-state index contributed by atoms with van der Waals surface area (Å²) < 4.78 is 67.6. The van der Waals surface area contributed by atoms with Gasteiger partial charge in [0.1, 0.15) is 41.3 Å². The summed E-state index contributed by atoms with van der Waals surface area (Å²) in [6, 6.07) is 12.7. The molecule has 6 N–H and O–H groups in total. The summed E-state index contributed by atoms with van der Waals surface area (Å²) in [5.41, 5.74) is 13.7. The first-order valence-electron chi connectivity index (χ1n) is 22.7. The number of fused-ring (bicyclic) bond motifs is 1. The number of nitrogens with two attached hydrogens (primary N) is 2. The second kappa shape index (κ2) is 24.5. The van der Waals surface area contributed by atoms with Crippen LogP contribution in [0.1, 0.15) is 62.8 Å². The molecule has 2 saturated heterocycles. The Morgan fingerprint density at radius 3 is 2.10 bits per heavy atom. The molecule has 0 saturated carbocycles. The molecular weight excluding hydrogens is 923 g/mol. The summed E-state index contributed by atoms with van der Waals surface area (Å²) in [6.45, 7) is 4.15. The van der Waals surface area contributed by atoms with E-state index in [9.17, 15) is 37.5 Å². The quantitative estimate of drug-likeness (QED) is 0.0545. The van der Waals surface area contributed by atoms with Crippen LogP contribution in [0.15, 0.2) is 60.7 Å². The van der Waals surface area contributed by atoms with Crippen LogP contribution in [-0.4, -0.2) is 154 Å². The van der Waals surface area contributed by atoms with Gasteiger partial charge in [-0.2, -0.15) is 5.10 Å². The number of halogens is 2. The number of amides is 6. The van der Waals surface area contributed by atoms with E-state index in [-0.39, 0.29) is 85.0 Å². The minimum Gasteiger partial charge on any atom is -0.454 e. The Balaban J connectivity index is 0.698. The number of aromatic nitrogens is 2. The van der Waals surface area contributed by atoms with Gasteiger partial charge in [0.15, 0.2) is 11.6 Å². The highest BCUT2D eigenvalue weighted by Gasteiger charge is 2.45. The van der Waals surface area contributed by atoms with Crippen LogP contribution >= 0.6 is 0 Å². The fraction of sp³-hybridized carbons (Fsp3) is 0.426. The Bertz CT molecular complexity index is 2530. The lowest BCUT2D eigenvalue weighted by molar-refractivity contribution is -0.136. The number of likely N-dealkylation sites (tertiary alicyclic amines) is 1. The smallest absolute Gasteiger partial charge is 0.409 e. The lowest BCUT2D eigenvalue weighted by atomic mass is 10.0.